The molecule has 1 aromatic heterocycles. The Morgan fingerprint density at radius 2 is 1.96 bits per heavy atom. The van der Waals surface area contributed by atoms with Crippen LogP contribution < -0.4 is 10.2 Å². The number of nitrogens with zero attached hydrogens (tertiary/aromatic N) is 5. The van der Waals surface area contributed by atoms with E-state index < -0.39 is 17.8 Å². The predicted molar refractivity (Wildman–Crippen MR) is 104 cm³/mol. The maximum Gasteiger partial charge on any atom is 0.216 e. The van der Waals surface area contributed by atoms with Crippen LogP contribution in [0.2, 0.25) is 0 Å². The smallest absolute Gasteiger partial charge is 0.216 e. The number of halogens is 2. The van der Waals surface area contributed by atoms with Gasteiger partial charge in [-0.1, -0.05) is 12.1 Å². The fraction of sp³-hybridized carbons (Fsp3) is 0.300. The molecule has 2 aliphatic rings. The number of aliphatic imine (C=N–C) groups is 1. The molecule has 0 aliphatic carbocycles. The number of guanidine groups is 1. The van der Waals surface area contributed by atoms with Gasteiger partial charge in [-0.25, -0.2) is 18.8 Å². The molecule has 8 heteroatoms. The second-order valence-electron chi connectivity index (χ2n) is 7.36. The highest BCUT2D eigenvalue weighted by molar-refractivity contribution is 5.98. The van der Waals surface area contributed by atoms with E-state index in [1.165, 1.54) is 12.1 Å². The molecule has 28 heavy (non-hydrogen) atoms. The predicted octanol–water partition coefficient (Wildman–Crippen LogP) is 3.27. The van der Waals surface area contributed by atoms with Gasteiger partial charge in [0.05, 0.1) is 24.4 Å². The molecule has 0 bridgehead atoms. The molecule has 3 aromatic rings. The lowest BCUT2D eigenvalue weighted by atomic mass is 10.1. The van der Waals surface area contributed by atoms with E-state index in [1.807, 2.05) is 33.7 Å². The third-order valence-corrected chi connectivity index (χ3v) is 5.31. The Morgan fingerprint density at radius 1 is 1.14 bits per heavy atom. The molecule has 144 valence electrons. The van der Waals surface area contributed by atoms with Crippen molar-refractivity contribution in [2.24, 2.45) is 4.99 Å². The van der Waals surface area contributed by atoms with Gasteiger partial charge < -0.3 is 5.32 Å². The molecule has 6 nitrogen and oxygen atoms in total. The SMILES string of the molecule is CC(C)N1CN=C2N[C@@H](c3ccc(F)cc3F)n3c(nc4ccccc43)N2C1. The highest BCUT2D eigenvalue weighted by Crippen LogP contribution is 2.34. The van der Waals surface area contributed by atoms with Crippen LogP contribution in [-0.2, 0) is 0 Å². The van der Waals surface area contributed by atoms with E-state index in [0.29, 0.717) is 36.9 Å². The van der Waals surface area contributed by atoms with Crippen molar-refractivity contribution in [3.8, 4) is 0 Å². The van der Waals surface area contributed by atoms with Gasteiger partial charge in [0.15, 0.2) is 0 Å². The van der Waals surface area contributed by atoms with Gasteiger partial charge in [-0.3, -0.25) is 14.4 Å². The van der Waals surface area contributed by atoms with E-state index in [0.717, 1.165) is 17.1 Å². The molecule has 2 aromatic carbocycles. The standard InChI is InChI=1S/C20H20F2N6/c1-12(2)26-10-23-19-25-18(14-8-7-13(21)9-15(14)22)28-17-6-4-3-5-16(17)24-20(28)27(19)11-26/h3-9,12,18H,10-11H2,1-2H3,(H,23,25)/t18-/m1/s1. The van der Waals surface area contributed by atoms with E-state index >= 15 is 0 Å². The largest absolute Gasteiger partial charge is 0.331 e. The Bertz CT molecular complexity index is 1090. The number of nitrogens with one attached hydrogen (secondary N) is 1. The van der Waals surface area contributed by atoms with E-state index in [2.05, 4.69) is 29.1 Å². The van der Waals surface area contributed by atoms with Gasteiger partial charge in [0.1, 0.15) is 17.8 Å². The summed E-state index contributed by atoms with van der Waals surface area (Å²) in [5.41, 5.74) is 2.04. The molecule has 2 aliphatic heterocycles. The van der Waals surface area contributed by atoms with Crippen molar-refractivity contribution in [3.63, 3.8) is 0 Å². The zero-order valence-electron chi connectivity index (χ0n) is 15.6. The first-order valence-electron chi connectivity index (χ1n) is 9.27. The minimum absolute atomic E-state index is 0.329. The van der Waals surface area contributed by atoms with Gasteiger partial charge in [-0.15, -0.1) is 0 Å². The molecule has 3 heterocycles. The highest BCUT2D eigenvalue weighted by atomic mass is 19.1. The van der Waals surface area contributed by atoms with Crippen LogP contribution in [0.3, 0.4) is 0 Å². The summed E-state index contributed by atoms with van der Waals surface area (Å²) in [5, 5.41) is 3.34. The van der Waals surface area contributed by atoms with E-state index in [9.17, 15) is 8.78 Å². The van der Waals surface area contributed by atoms with Gasteiger partial charge in [0.25, 0.3) is 0 Å². The van der Waals surface area contributed by atoms with Crippen molar-refractivity contribution in [2.45, 2.75) is 26.1 Å². The Balaban J connectivity index is 1.71. The average Bonchev–Trinajstić information content (AvgIpc) is 3.07. The van der Waals surface area contributed by atoms with Gasteiger partial charge in [-0.2, -0.15) is 0 Å². The third-order valence-electron chi connectivity index (χ3n) is 5.31. The van der Waals surface area contributed by atoms with Crippen molar-refractivity contribution in [3.05, 3.63) is 59.7 Å². The Morgan fingerprint density at radius 3 is 2.75 bits per heavy atom. The number of benzene rings is 2. The number of rotatable bonds is 2. The molecule has 0 spiro atoms. The molecule has 0 saturated carbocycles. The van der Waals surface area contributed by atoms with Gasteiger partial charge >= 0.3 is 0 Å². The number of anilines is 1. The van der Waals surface area contributed by atoms with Crippen LogP contribution >= 0.6 is 0 Å². The van der Waals surface area contributed by atoms with Crippen molar-refractivity contribution in [1.29, 1.82) is 0 Å². The minimum atomic E-state index is -0.602. The summed E-state index contributed by atoms with van der Waals surface area (Å²) in [4.78, 5) is 13.7. The zero-order chi connectivity index (χ0) is 19.4. The first-order chi connectivity index (χ1) is 13.5. The van der Waals surface area contributed by atoms with Crippen molar-refractivity contribution < 1.29 is 8.78 Å². The maximum atomic E-state index is 14.7. The Labute approximate surface area is 161 Å². The molecule has 0 saturated heterocycles. The van der Waals surface area contributed by atoms with Crippen LogP contribution in [0.4, 0.5) is 14.7 Å². The minimum Gasteiger partial charge on any atom is -0.331 e. The van der Waals surface area contributed by atoms with Gasteiger partial charge in [0, 0.05) is 17.7 Å². The molecule has 0 radical (unpaired) electrons. The van der Waals surface area contributed by atoms with Crippen LogP contribution in [0.25, 0.3) is 11.0 Å². The first-order valence-corrected chi connectivity index (χ1v) is 9.27. The quantitative estimate of drug-likeness (QED) is 0.739. The summed E-state index contributed by atoms with van der Waals surface area (Å²) in [7, 11) is 0. The lowest BCUT2D eigenvalue weighted by Gasteiger charge is -2.42. The lowest BCUT2D eigenvalue weighted by Crippen LogP contribution is -2.58. The van der Waals surface area contributed by atoms with Crippen molar-refractivity contribution in [1.82, 2.24) is 19.8 Å². The Kier molecular flexibility index (Phi) is 3.83. The maximum absolute atomic E-state index is 14.7. The first kappa shape index (κ1) is 17.1. The van der Waals surface area contributed by atoms with Crippen LogP contribution in [0.1, 0.15) is 25.6 Å². The van der Waals surface area contributed by atoms with Crippen molar-refractivity contribution >= 4 is 22.9 Å². The second-order valence-corrected chi connectivity index (χ2v) is 7.36. The normalized spacial score (nSPS) is 19.4. The van der Waals surface area contributed by atoms with Crippen LogP contribution in [0.5, 0.6) is 0 Å². The number of fused-ring (bicyclic) bond motifs is 5. The monoisotopic (exact) mass is 382 g/mol. The van der Waals surface area contributed by atoms with Crippen LogP contribution in [0, 0.1) is 11.6 Å². The molecule has 5 rings (SSSR count). The molecule has 0 unspecified atom stereocenters. The van der Waals surface area contributed by atoms with Gasteiger partial charge in [-0.05, 0) is 38.1 Å². The second kappa shape index (κ2) is 6.27. The van der Waals surface area contributed by atoms with Crippen LogP contribution in [-0.4, -0.2) is 39.8 Å². The van der Waals surface area contributed by atoms with E-state index in [4.69, 9.17) is 4.98 Å². The molecular formula is C20H20F2N6. The molecule has 0 amide bonds. The topological polar surface area (TPSA) is 48.7 Å². The molecule has 1 N–H and O–H groups in total. The fourth-order valence-electron chi connectivity index (χ4n) is 3.75. The number of para-hydroxylation sites is 2. The number of aromatic nitrogens is 2. The molecule has 1 atom stereocenters. The Hall–Kier alpha value is -3.00. The molecule has 0 fully saturated rings. The fourth-order valence-corrected chi connectivity index (χ4v) is 3.75. The third kappa shape index (κ3) is 2.56. The number of hydrogen-bond donors (Lipinski definition) is 1. The summed E-state index contributed by atoms with van der Waals surface area (Å²) < 4.78 is 30.1. The van der Waals surface area contributed by atoms with Crippen LogP contribution in [0.15, 0.2) is 47.5 Å². The van der Waals surface area contributed by atoms with E-state index in [-0.39, 0.29) is 0 Å². The number of hydrogen-bond acceptors (Lipinski definition) is 5. The van der Waals surface area contributed by atoms with Crippen molar-refractivity contribution in [2.75, 3.05) is 18.2 Å². The molecular weight excluding hydrogens is 362 g/mol. The summed E-state index contributed by atoms with van der Waals surface area (Å²) in [6, 6.07) is 11.7. The number of imidazole rings is 1. The zero-order valence-corrected chi connectivity index (χ0v) is 15.6. The lowest BCUT2D eigenvalue weighted by molar-refractivity contribution is 0.221. The van der Waals surface area contributed by atoms with E-state index in [1.54, 1.807) is 0 Å². The van der Waals surface area contributed by atoms with Gasteiger partial charge in [0.2, 0.25) is 11.9 Å². The summed E-state index contributed by atoms with van der Waals surface area (Å²) >= 11 is 0. The summed E-state index contributed by atoms with van der Waals surface area (Å²) in [5.74, 6) is 0.137. The average molecular weight is 382 g/mol. The summed E-state index contributed by atoms with van der Waals surface area (Å²) in [6.07, 6.45) is -0.566. The highest BCUT2D eigenvalue weighted by Gasteiger charge is 2.37. The summed E-state index contributed by atoms with van der Waals surface area (Å²) in [6.45, 7) is 5.43.